The van der Waals surface area contributed by atoms with Crippen molar-refractivity contribution >= 4 is 27.4 Å². The van der Waals surface area contributed by atoms with Gasteiger partial charge in [-0.2, -0.15) is 4.37 Å². The van der Waals surface area contributed by atoms with Crippen molar-refractivity contribution in [1.82, 2.24) is 13.9 Å². The lowest BCUT2D eigenvalue weighted by molar-refractivity contribution is 0.397. The Morgan fingerprint density at radius 2 is 2.00 bits per heavy atom. The van der Waals surface area contributed by atoms with Gasteiger partial charge in [-0.1, -0.05) is 12.1 Å². The van der Waals surface area contributed by atoms with E-state index in [0.29, 0.717) is 6.04 Å². The molecule has 3 heterocycles. The zero-order valence-electron chi connectivity index (χ0n) is 11.1. The van der Waals surface area contributed by atoms with Gasteiger partial charge in [0.05, 0.1) is 11.8 Å². The van der Waals surface area contributed by atoms with Crippen LogP contribution >= 0.6 is 11.5 Å². The highest BCUT2D eigenvalue weighted by molar-refractivity contribution is 7.11. The zero-order chi connectivity index (χ0) is 13.4. The van der Waals surface area contributed by atoms with Crippen LogP contribution < -0.4 is 4.90 Å². The van der Waals surface area contributed by atoms with Crippen LogP contribution in [-0.4, -0.2) is 27.0 Å². The number of fused-ring (bicyclic) bond motifs is 1. The summed E-state index contributed by atoms with van der Waals surface area (Å²) in [6, 6.07) is 9.01. The third-order valence-electron chi connectivity index (χ3n) is 4.06. The van der Waals surface area contributed by atoms with Gasteiger partial charge in [0.1, 0.15) is 5.00 Å². The summed E-state index contributed by atoms with van der Waals surface area (Å²) in [5, 5.41) is 2.61. The third kappa shape index (κ3) is 1.98. The number of aromatic nitrogens is 3. The smallest absolute Gasteiger partial charge is 0.119 e. The number of nitrogens with zero attached hydrogens (tertiary/aromatic N) is 4. The lowest BCUT2D eigenvalue weighted by Crippen LogP contribution is -2.33. The Morgan fingerprint density at radius 3 is 2.80 bits per heavy atom. The number of piperidine rings is 1. The first-order valence-corrected chi connectivity index (χ1v) is 7.76. The minimum Gasteiger partial charge on any atom is -0.362 e. The van der Waals surface area contributed by atoms with Gasteiger partial charge in [0.25, 0.3) is 0 Å². The first kappa shape index (κ1) is 11.9. The maximum atomic E-state index is 4.55. The molecule has 0 spiro atoms. The van der Waals surface area contributed by atoms with Gasteiger partial charge in [0.2, 0.25) is 0 Å². The molecule has 20 heavy (non-hydrogen) atoms. The molecule has 1 aromatic carbocycles. The highest BCUT2D eigenvalue weighted by Crippen LogP contribution is 2.34. The van der Waals surface area contributed by atoms with Crippen LogP contribution in [0.2, 0.25) is 0 Å². The SMILES string of the molecule is c1ccc2c(N3CCC(n4ccnc4)CC3)snc2c1. The lowest BCUT2D eigenvalue weighted by atomic mass is 10.0. The second-order valence-electron chi connectivity index (χ2n) is 5.23. The van der Waals surface area contributed by atoms with Crippen molar-refractivity contribution in [2.75, 3.05) is 18.0 Å². The molecule has 1 aliphatic rings. The molecule has 0 aliphatic carbocycles. The van der Waals surface area contributed by atoms with E-state index in [1.54, 1.807) is 11.5 Å². The molecule has 1 fully saturated rings. The van der Waals surface area contributed by atoms with Crippen molar-refractivity contribution in [3.8, 4) is 0 Å². The standard InChI is InChI=1S/C15H16N4S/c1-2-4-14-13(3-1)15(20-17-14)18-8-5-12(6-9-18)19-10-7-16-11-19/h1-4,7,10-12H,5-6,8-9H2. The fourth-order valence-corrected chi connectivity index (χ4v) is 3.87. The molecule has 1 aliphatic heterocycles. The maximum absolute atomic E-state index is 4.55. The van der Waals surface area contributed by atoms with E-state index >= 15 is 0 Å². The van der Waals surface area contributed by atoms with Crippen LogP contribution in [-0.2, 0) is 0 Å². The fourth-order valence-electron chi connectivity index (χ4n) is 2.96. The highest BCUT2D eigenvalue weighted by atomic mass is 32.1. The Labute approximate surface area is 121 Å². The first-order valence-electron chi connectivity index (χ1n) is 6.98. The number of hydrogen-bond donors (Lipinski definition) is 0. The van der Waals surface area contributed by atoms with Crippen LogP contribution in [0.4, 0.5) is 5.00 Å². The second-order valence-corrected chi connectivity index (χ2v) is 5.98. The molecule has 0 saturated carbocycles. The molecular formula is C15H16N4S. The van der Waals surface area contributed by atoms with Gasteiger partial charge in [-0.15, -0.1) is 0 Å². The van der Waals surface area contributed by atoms with Crippen LogP contribution in [0.25, 0.3) is 10.9 Å². The van der Waals surface area contributed by atoms with E-state index in [9.17, 15) is 0 Å². The normalized spacial score (nSPS) is 16.9. The molecule has 0 unspecified atom stereocenters. The molecule has 0 atom stereocenters. The Hall–Kier alpha value is -1.88. The van der Waals surface area contributed by atoms with Gasteiger partial charge >= 0.3 is 0 Å². The average Bonchev–Trinajstić information content (AvgIpc) is 3.17. The summed E-state index contributed by atoms with van der Waals surface area (Å²) < 4.78 is 6.79. The van der Waals surface area contributed by atoms with Crippen LogP contribution in [0.5, 0.6) is 0 Å². The Kier molecular flexibility index (Phi) is 2.92. The molecule has 4 nitrogen and oxygen atoms in total. The van der Waals surface area contributed by atoms with Gasteiger partial charge < -0.3 is 9.47 Å². The molecule has 0 radical (unpaired) electrons. The topological polar surface area (TPSA) is 34.0 Å². The average molecular weight is 284 g/mol. The van der Waals surface area contributed by atoms with Gasteiger partial charge in [-0.05, 0) is 36.5 Å². The summed E-state index contributed by atoms with van der Waals surface area (Å²) >= 11 is 1.62. The van der Waals surface area contributed by atoms with Gasteiger partial charge in [-0.3, -0.25) is 0 Å². The number of hydrogen-bond acceptors (Lipinski definition) is 4. The second kappa shape index (κ2) is 4.90. The van der Waals surface area contributed by atoms with Crippen LogP contribution in [0, 0.1) is 0 Å². The molecule has 1 saturated heterocycles. The predicted octanol–water partition coefficient (Wildman–Crippen LogP) is 3.33. The summed E-state index contributed by atoms with van der Waals surface area (Å²) in [5.74, 6) is 0. The zero-order valence-corrected chi connectivity index (χ0v) is 12.0. The summed E-state index contributed by atoms with van der Waals surface area (Å²) in [7, 11) is 0. The summed E-state index contributed by atoms with van der Waals surface area (Å²) in [5.41, 5.74) is 1.12. The molecule has 0 N–H and O–H groups in total. The molecule has 5 heteroatoms. The minimum absolute atomic E-state index is 0.591. The van der Waals surface area contributed by atoms with Crippen molar-refractivity contribution in [1.29, 1.82) is 0 Å². The van der Waals surface area contributed by atoms with Gasteiger partial charge in [0.15, 0.2) is 0 Å². The highest BCUT2D eigenvalue weighted by Gasteiger charge is 2.22. The summed E-state index contributed by atoms with van der Waals surface area (Å²) in [6.45, 7) is 2.18. The van der Waals surface area contributed by atoms with E-state index in [2.05, 4.69) is 49.3 Å². The number of benzene rings is 1. The van der Waals surface area contributed by atoms with E-state index in [1.165, 1.54) is 23.2 Å². The van der Waals surface area contributed by atoms with Crippen molar-refractivity contribution in [3.63, 3.8) is 0 Å². The largest absolute Gasteiger partial charge is 0.362 e. The van der Waals surface area contributed by atoms with E-state index < -0.39 is 0 Å². The predicted molar refractivity (Wildman–Crippen MR) is 82.3 cm³/mol. The summed E-state index contributed by atoms with van der Waals surface area (Å²) in [4.78, 5) is 6.63. The van der Waals surface area contributed by atoms with Crippen LogP contribution in [0.3, 0.4) is 0 Å². The molecule has 2 aromatic heterocycles. The van der Waals surface area contributed by atoms with Crippen LogP contribution in [0.15, 0.2) is 43.0 Å². The monoisotopic (exact) mass is 284 g/mol. The number of imidazole rings is 1. The van der Waals surface area contributed by atoms with E-state index in [4.69, 9.17) is 0 Å². The summed E-state index contributed by atoms with van der Waals surface area (Å²) in [6.07, 6.45) is 8.21. The number of anilines is 1. The van der Waals surface area contributed by atoms with Crippen molar-refractivity contribution in [2.45, 2.75) is 18.9 Å². The molecular weight excluding hydrogens is 268 g/mol. The van der Waals surface area contributed by atoms with E-state index in [1.807, 2.05) is 12.5 Å². The molecule has 0 bridgehead atoms. The van der Waals surface area contributed by atoms with Gasteiger partial charge in [-0.25, -0.2) is 4.98 Å². The molecule has 3 aromatic rings. The fraction of sp³-hybridized carbons (Fsp3) is 0.333. The van der Waals surface area contributed by atoms with E-state index in [0.717, 1.165) is 18.6 Å². The quantitative estimate of drug-likeness (QED) is 0.724. The first-order chi connectivity index (χ1) is 9.92. The molecule has 0 amide bonds. The molecule has 4 rings (SSSR count). The maximum Gasteiger partial charge on any atom is 0.119 e. The lowest BCUT2D eigenvalue weighted by Gasteiger charge is -2.33. The van der Waals surface area contributed by atoms with Crippen molar-refractivity contribution in [2.24, 2.45) is 0 Å². The minimum atomic E-state index is 0.591. The molecule has 102 valence electrons. The van der Waals surface area contributed by atoms with E-state index in [-0.39, 0.29) is 0 Å². The van der Waals surface area contributed by atoms with Crippen molar-refractivity contribution in [3.05, 3.63) is 43.0 Å². The van der Waals surface area contributed by atoms with Crippen LogP contribution in [0.1, 0.15) is 18.9 Å². The number of rotatable bonds is 2. The Morgan fingerprint density at radius 1 is 1.15 bits per heavy atom. The van der Waals surface area contributed by atoms with Gasteiger partial charge in [0, 0.05) is 36.9 Å². The van der Waals surface area contributed by atoms with Crippen molar-refractivity contribution < 1.29 is 0 Å². The Balaban J connectivity index is 1.54. The Bertz CT molecular complexity index is 696. The third-order valence-corrected chi connectivity index (χ3v) is 5.00.